The van der Waals surface area contributed by atoms with Gasteiger partial charge in [-0.25, -0.2) is 8.42 Å². The molecule has 0 saturated heterocycles. The zero-order chi connectivity index (χ0) is 14.9. The molecule has 0 saturated carbocycles. The second-order valence-corrected chi connectivity index (χ2v) is 6.62. The van der Waals surface area contributed by atoms with Gasteiger partial charge in [-0.3, -0.25) is 4.31 Å². The van der Waals surface area contributed by atoms with Crippen LogP contribution in [0, 0.1) is 0 Å². The molecule has 1 unspecified atom stereocenters. The van der Waals surface area contributed by atoms with E-state index in [9.17, 15) is 17.2 Å². The Kier molecular flexibility index (Phi) is 4.29. The molecule has 7 heteroatoms. The Bertz CT molecular complexity index is 590. The third kappa shape index (κ3) is 2.64. The maximum atomic E-state index is 12.6. The molecular formula is C13H18F2N2O2S. The maximum absolute atomic E-state index is 12.6. The molecule has 1 N–H and O–H groups in total. The molecule has 1 aromatic rings. The van der Waals surface area contributed by atoms with Gasteiger partial charge in [0.25, 0.3) is 10.0 Å². The van der Waals surface area contributed by atoms with Crippen molar-refractivity contribution < 1.29 is 17.2 Å². The van der Waals surface area contributed by atoms with Crippen molar-refractivity contribution in [2.24, 2.45) is 0 Å². The van der Waals surface area contributed by atoms with Gasteiger partial charge in [-0.05, 0) is 37.1 Å². The van der Waals surface area contributed by atoms with Crippen molar-refractivity contribution >= 4 is 15.7 Å². The van der Waals surface area contributed by atoms with Crippen molar-refractivity contribution in [1.29, 1.82) is 0 Å². The molecule has 112 valence electrons. The van der Waals surface area contributed by atoms with Crippen molar-refractivity contribution in [2.75, 3.05) is 17.4 Å². The lowest BCUT2D eigenvalue weighted by molar-refractivity contribution is 0.234. The highest BCUT2D eigenvalue weighted by Crippen LogP contribution is 2.33. The molecular weight excluding hydrogens is 286 g/mol. The molecule has 0 radical (unpaired) electrons. The van der Waals surface area contributed by atoms with Gasteiger partial charge in [0.05, 0.1) is 5.69 Å². The molecule has 0 aromatic heterocycles. The van der Waals surface area contributed by atoms with Crippen LogP contribution in [-0.4, -0.2) is 27.3 Å². The lowest BCUT2D eigenvalue weighted by Gasteiger charge is -2.19. The predicted molar refractivity (Wildman–Crippen MR) is 74.5 cm³/mol. The molecule has 20 heavy (non-hydrogen) atoms. The molecule has 1 atom stereocenters. The van der Waals surface area contributed by atoms with E-state index in [1.807, 2.05) is 19.9 Å². The maximum Gasteiger partial charge on any atom is 0.355 e. The van der Waals surface area contributed by atoms with Crippen LogP contribution in [0.15, 0.2) is 18.2 Å². The van der Waals surface area contributed by atoms with E-state index in [0.717, 1.165) is 22.0 Å². The number of alkyl halides is 2. The zero-order valence-corrected chi connectivity index (χ0v) is 12.3. The number of anilines is 1. The van der Waals surface area contributed by atoms with Crippen LogP contribution >= 0.6 is 0 Å². The molecule has 0 fully saturated rings. The largest absolute Gasteiger partial charge is 0.355 e. The van der Waals surface area contributed by atoms with Gasteiger partial charge in [0.2, 0.25) is 0 Å². The summed E-state index contributed by atoms with van der Waals surface area (Å²) in [6, 6.07) is 5.44. The number of nitrogens with one attached hydrogen (secondary N) is 1. The van der Waals surface area contributed by atoms with Crippen LogP contribution in [0.1, 0.15) is 31.0 Å². The topological polar surface area (TPSA) is 49.4 Å². The Balaban J connectivity index is 2.32. The fourth-order valence-electron chi connectivity index (χ4n) is 2.45. The van der Waals surface area contributed by atoms with Gasteiger partial charge in [0.1, 0.15) is 0 Å². The third-order valence-corrected chi connectivity index (χ3v) is 4.94. The van der Waals surface area contributed by atoms with Gasteiger partial charge in [0, 0.05) is 12.6 Å². The lowest BCUT2D eigenvalue weighted by Crippen LogP contribution is -2.33. The summed E-state index contributed by atoms with van der Waals surface area (Å²) in [7, 11) is -4.55. The van der Waals surface area contributed by atoms with E-state index in [2.05, 4.69) is 5.32 Å². The minimum atomic E-state index is -4.55. The van der Waals surface area contributed by atoms with Crippen molar-refractivity contribution in [1.82, 2.24) is 5.32 Å². The van der Waals surface area contributed by atoms with Gasteiger partial charge in [-0.2, -0.15) is 8.78 Å². The summed E-state index contributed by atoms with van der Waals surface area (Å²) in [5, 5.41) is 3.26. The van der Waals surface area contributed by atoms with Crippen LogP contribution < -0.4 is 9.62 Å². The average molecular weight is 304 g/mol. The predicted octanol–water partition coefficient (Wildman–Crippen LogP) is 2.27. The Morgan fingerprint density at radius 2 is 2.10 bits per heavy atom. The molecule has 0 amide bonds. The molecule has 0 aliphatic carbocycles. The fraction of sp³-hybridized carbons (Fsp3) is 0.538. The highest BCUT2D eigenvalue weighted by molar-refractivity contribution is 7.93. The van der Waals surface area contributed by atoms with Gasteiger partial charge >= 0.3 is 5.76 Å². The molecule has 0 bridgehead atoms. The van der Waals surface area contributed by atoms with Gasteiger partial charge in [-0.1, -0.05) is 19.1 Å². The van der Waals surface area contributed by atoms with E-state index in [0.29, 0.717) is 12.1 Å². The standard InChI is InChI=1S/C13H18F2N2O2S/c1-3-16-9(2)10-4-5-12-11(8-10)6-7-17(12)20(18,19)13(14)15/h4-5,8-9,13,16H,3,6-7H2,1-2H3. The van der Waals surface area contributed by atoms with Crippen LogP contribution in [0.4, 0.5) is 14.5 Å². The highest BCUT2D eigenvalue weighted by Gasteiger charge is 2.36. The molecule has 1 aliphatic heterocycles. The highest BCUT2D eigenvalue weighted by atomic mass is 32.2. The smallest absolute Gasteiger partial charge is 0.310 e. The summed E-state index contributed by atoms with van der Waals surface area (Å²) in [5.41, 5.74) is 2.20. The van der Waals surface area contributed by atoms with Crippen molar-refractivity contribution in [3.05, 3.63) is 29.3 Å². The normalized spacial score (nSPS) is 16.6. The molecule has 4 nitrogen and oxygen atoms in total. The number of fused-ring (bicyclic) bond motifs is 1. The van der Waals surface area contributed by atoms with Crippen LogP contribution in [0.25, 0.3) is 0 Å². The fourth-order valence-corrected chi connectivity index (χ4v) is 3.44. The quantitative estimate of drug-likeness (QED) is 0.908. The first-order valence-electron chi connectivity index (χ1n) is 6.53. The Hall–Kier alpha value is -1.21. The van der Waals surface area contributed by atoms with E-state index in [1.165, 1.54) is 0 Å². The first-order valence-corrected chi connectivity index (χ1v) is 8.04. The van der Waals surface area contributed by atoms with Gasteiger partial charge in [0.15, 0.2) is 0 Å². The first-order chi connectivity index (χ1) is 9.37. The summed E-state index contributed by atoms with van der Waals surface area (Å²) in [4.78, 5) is 0. The summed E-state index contributed by atoms with van der Waals surface area (Å²) in [5.74, 6) is -3.38. The minimum Gasteiger partial charge on any atom is -0.310 e. The summed E-state index contributed by atoms with van der Waals surface area (Å²) >= 11 is 0. The number of sulfonamides is 1. The average Bonchev–Trinajstić information content (AvgIpc) is 2.82. The van der Waals surface area contributed by atoms with E-state index in [4.69, 9.17) is 0 Å². The molecule has 1 heterocycles. The van der Waals surface area contributed by atoms with Crippen molar-refractivity contribution in [3.8, 4) is 0 Å². The Morgan fingerprint density at radius 3 is 2.70 bits per heavy atom. The monoisotopic (exact) mass is 304 g/mol. The van der Waals surface area contributed by atoms with Crippen LogP contribution in [0.2, 0.25) is 0 Å². The lowest BCUT2D eigenvalue weighted by atomic mass is 10.0. The number of rotatable bonds is 5. The molecule has 0 spiro atoms. The number of hydrogen-bond donors (Lipinski definition) is 1. The van der Waals surface area contributed by atoms with E-state index in [-0.39, 0.29) is 12.6 Å². The number of halogens is 2. The third-order valence-electron chi connectivity index (χ3n) is 3.50. The Labute approximate surface area is 117 Å². The summed E-state index contributed by atoms with van der Waals surface area (Å²) in [6.07, 6.45) is 0.466. The molecule has 1 aliphatic rings. The summed E-state index contributed by atoms with van der Waals surface area (Å²) in [6.45, 7) is 4.92. The van der Waals surface area contributed by atoms with Crippen LogP contribution in [0.5, 0.6) is 0 Å². The van der Waals surface area contributed by atoms with Gasteiger partial charge in [-0.15, -0.1) is 0 Å². The van der Waals surface area contributed by atoms with E-state index in [1.54, 1.807) is 12.1 Å². The molecule has 1 aromatic carbocycles. The minimum absolute atomic E-state index is 0.0844. The number of hydrogen-bond acceptors (Lipinski definition) is 3. The zero-order valence-electron chi connectivity index (χ0n) is 11.4. The number of benzene rings is 1. The van der Waals surface area contributed by atoms with E-state index >= 15 is 0 Å². The first kappa shape index (κ1) is 15.2. The Morgan fingerprint density at radius 1 is 1.40 bits per heavy atom. The van der Waals surface area contributed by atoms with Crippen molar-refractivity contribution in [2.45, 2.75) is 32.1 Å². The van der Waals surface area contributed by atoms with Crippen LogP contribution in [0.3, 0.4) is 0 Å². The number of nitrogens with zero attached hydrogens (tertiary/aromatic N) is 1. The second-order valence-electron chi connectivity index (χ2n) is 4.80. The van der Waals surface area contributed by atoms with Crippen molar-refractivity contribution in [3.63, 3.8) is 0 Å². The SMILES string of the molecule is CCNC(C)c1ccc2c(c1)CCN2S(=O)(=O)C(F)F. The van der Waals surface area contributed by atoms with E-state index < -0.39 is 15.8 Å². The summed E-state index contributed by atoms with van der Waals surface area (Å²) < 4.78 is 49.2. The second kappa shape index (κ2) is 5.65. The van der Waals surface area contributed by atoms with Gasteiger partial charge < -0.3 is 5.32 Å². The van der Waals surface area contributed by atoms with Crippen LogP contribution in [-0.2, 0) is 16.4 Å². The molecule has 2 rings (SSSR count).